The van der Waals surface area contributed by atoms with E-state index < -0.39 is 0 Å². The maximum atomic E-state index is 5.97. The second kappa shape index (κ2) is 4.85. The molecular formula is C12H18IN3. The topological polar surface area (TPSA) is 51.8 Å². The van der Waals surface area contributed by atoms with Crippen LogP contribution in [0.2, 0.25) is 0 Å². The zero-order chi connectivity index (χ0) is 11.7. The third-order valence-corrected chi connectivity index (χ3v) is 4.28. The van der Waals surface area contributed by atoms with E-state index in [1.54, 1.807) is 0 Å². The lowest BCUT2D eigenvalue weighted by molar-refractivity contribution is 0.665. The van der Waals surface area contributed by atoms with Crippen LogP contribution in [0.5, 0.6) is 0 Å². The van der Waals surface area contributed by atoms with Gasteiger partial charge in [0.1, 0.15) is 11.6 Å². The highest BCUT2D eigenvalue weighted by atomic mass is 127. The van der Waals surface area contributed by atoms with Crippen molar-refractivity contribution in [2.75, 3.05) is 5.73 Å². The van der Waals surface area contributed by atoms with Gasteiger partial charge in [-0.2, -0.15) is 0 Å². The van der Waals surface area contributed by atoms with Crippen LogP contribution in [0.4, 0.5) is 5.82 Å². The zero-order valence-electron chi connectivity index (χ0n) is 9.83. The maximum Gasteiger partial charge on any atom is 0.140 e. The lowest BCUT2D eigenvalue weighted by Crippen LogP contribution is -2.10. The first-order chi connectivity index (χ1) is 7.59. The van der Waals surface area contributed by atoms with Gasteiger partial charge in [-0.15, -0.1) is 0 Å². The summed E-state index contributed by atoms with van der Waals surface area (Å²) in [6.07, 6.45) is 5.15. The average Bonchev–Trinajstić information content (AvgIpc) is 2.74. The van der Waals surface area contributed by atoms with Crippen molar-refractivity contribution in [1.29, 1.82) is 0 Å². The molecule has 2 N–H and O–H groups in total. The van der Waals surface area contributed by atoms with Gasteiger partial charge in [-0.05, 0) is 35.4 Å². The van der Waals surface area contributed by atoms with Crippen LogP contribution in [0.15, 0.2) is 0 Å². The van der Waals surface area contributed by atoms with E-state index in [0.29, 0.717) is 17.7 Å². The van der Waals surface area contributed by atoms with Crippen molar-refractivity contribution >= 4 is 28.4 Å². The van der Waals surface area contributed by atoms with Gasteiger partial charge in [0.15, 0.2) is 0 Å². The molecule has 0 atom stereocenters. The Morgan fingerprint density at radius 3 is 2.44 bits per heavy atom. The smallest absolute Gasteiger partial charge is 0.140 e. The molecule has 1 fully saturated rings. The summed E-state index contributed by atoms with van der Waals surface area (Å²) in [7, 11) is 0. The molecule has 1 aliphatic rings. The molecule has 0 radical (unpaired) electrons. The zero-order valence-corrected chi connectivity index (χ0v) is 12.0. The fourth-order valence-corrected chi connectivity index (χ4v) is 2.91. The maximum absolute atomic E-state index is 5.97. The van der Waals surface area contributed by atoms with Crippen LogP contribution in [0.25, 0.3) is 0 Å². The third kappa shape index (κ3) is 2.31. The van der Waals surface area contributed by atoms with Crippen molar-refractivity contribution in [3.8, 4) is 0 Å². The summed E-state index contributed by atoms with van der Waals surface area (Å²) in [4.78, 5) is 9.08. The standard InChI is InChI=1S/C12H18IN3/c1-7(2)12-15-10(8-5-3-4-6-8)9(13)11(14)16-12/h7-8H,3-6H2,1-2H3,(H2,14,15,16). The summed E-state index contributed by atoms with van der Waals surface area (Å²) in [5.74, 6) is 2.50. The van der Waals surface area contributed by atoms with Gasteiger partial charge < -0.3 is 5.73 Å². The van der Waals surface area contributed by atoms with Crippen LogP contribution in [0.1, 0.15) is 62.9 Å². The molecule has 16 heavy (non-hydrogen) atoms. The Morgan fingerprint density at radius 2 is 1.88 bits per heavy atom. The number of hydrogen-bond donors (Lipinski definition) is 1. The minimum Gasteiger partial charge on any atom is -0.383 e. The summed E-state index contributed by atoms with van der Waals surface area (Å²) in [5, 5.41) is 0. The highest BCUT2D eigenvalue weighted by Crippen LogP contribution is 2.36. The van der Waals surface area contributed by atoms with Crippen LogP contribution < -0.4 is 5.73 Å². The van der Waals surface area contributed by atoms with Gasteiger partial charge in [0, 0.05) is 11.8 Å². The van der Waals surface area contributed by atoms with Crippen LogP contribution in [-0.2, 0) is 0 Å². The molecule has 0 aromatic carbocycles. The summed E-state index contributed by atoms with van der Waals surface area (Å²) in [5.41, 5.74) is 7.16. The van der Waals surface area contributed by atoms with Crippen molar-refractivity contribution in [2.45, 2.75) is 51.4 Å². The highest BCUT2D eigenvalue weighted by Gasteiger charge is 2.23. The minimum atomic E-state index is 0.347. The predicted octanol–water partition coefficient (Wildman–Crippen LogP) is 3.44. The molecule has 0 amide bonds. The lowest BCUT2D eigenvalue weighted by atomic mass is 10.0. The predicted molar refractivity (Wildman–Crippen MR) is 74.5 cm³/mol. The molecule has 4 heteroatoms. The molecule has 0 unspecified atom stereocenters. The molecule has 1 heterocycles. The van der Waals surface area contributed by atoms with Crippen LogP contribution in [0, 0.1) is 3.57 Å². The van der Waals surface area contributed by atoms with E-state index in [1.165, 1.54) is 31.4 Å². The van der Waals surface area contributed by atoms with Crippen LogP contribution >= 0.6 is 22.6 Å². The monoisotopic (exact) mass is 331 g/mol. The molecule has 1 aliphatic carbocycles. The molecule has 0 spiro atoms. The third-order valence-electron chi connectivity index (χ3n) is 3.18. The average molecular weight is 331 g/mol. The largest absolute Gasteiger partial charge is 0.383 e. The molecular weight excluding hydrogens is 313 g/mol. The first kappa shape index (κ1) is 12.1. The first-order valence-electron chi connectivity index (χ1n) is 5.92. The van der Waals surface area contributed by atoms with E-state index in [4.69, 9.17) is 10.7 Å². The Bertz CT molecular complexity index is 384. The van der Waals surface area contributed by atoms with Crippen molar-refractivity contribution in [3.05, 3.63) is 15.1 Å². The van der Waals surface area contributed by atoms with Crippen LogP contribution in [-0.4, -0.2) is 9.97 Å². The fourth-order valence-electron chi connectivity index (χ4n) is 2.23. The first-order valence-corrected chi connectivity index (χ1v) is 7.00. The van der Waals surface area contributed by atoms with E-state index in [-0.39, 0.29) is 0 Å². The highest BCUT2D eigenvalue weighted by molar-refractivity contribution is 14.1. The van der Waals surface area contributed by atoms with Gasteiger partial charge in [-0.1, -0.05) is 26.7 Å². The Hall–Kier alpha value is -0.390. The summed E-state index contributed by atoms with van der Waals surface area (Å²) in [6, 6.07) is 0. The van der Waals surface area contributed by atoms with E-state index in [2.05, 4.69) is 41.4 Å². The molecule has 0 bridgehead atoms. The number of nitrogens with zero attached hydrogens (tertiary/aromatic N) is 2. The molecule has 0 saturated heterocycles. The van der Waals surface area contributed by atoms with E-state index in [9.17, 15) is 0 Å². The van der Waals surface area contributed by atoms with Gasteiger partial charge in [0.25, 0.3) is 0 Å². The molecule has 2 rings (SSSR count). The molecule has 3 nitrogen and oxygen atoms in total. The van der Waals surface area contributed by atoms with Gasteiger partial charge in [0.2, 0.25) is 0 Å². The Labute approximate surface area is 110 Å². The molecule has 88 valence electrons. The van der Waals surface area contributed by atoms with Gasteiger partial charge in [0.05, 0.1) is 9.26 Å². The number of anilines is 1. The molecule has 1 aromatic rings. The quantitative estimate of drug-likeness (QED) is 0.845. The van der Waals surface area contributed by atoms with E-state index >= 15 is 0 Å². The number of halogens is 1. The Balaban J connectivity index is 2.41. The fraction of sp³-hybridized carbons (Fsp3) is 0.667. The number of rotatable bonds is 2. The molecule has 0 aliphatic heterocycles. The Morgan fingerprint density at radius 1 is 1.25 bits per heavy atom. The number of nitrogens with two attached hydrogens (primary N) is 1. The van der Waals surface area contributed by atoms with Crippen LogP contribution in [0.3, 0.4) is 0 Å². The Kier molecular flexibility index (Phi) is 3.66. The van der Waals surface area contributed by atoms with Crippen molar-refractivity contribution in [2.24, 2.45) is 0 Å². The lowest BCUT2D eigenvalue weighted by Gasteiger charge is -2.15. The van der Waals surface area contributed by atoms with Crippen molar-refractivity contribution < 1.29 is 0 Å². The summed E-state index contributed by atoms with van der Waals surface area (Å²) < 4.78 is 1.06. The summed E-state index contributed by atoms with van der Waals surface area (Å²) in [6.45, 7) is 4.22. The summed E-state index contributed by atoms with van der Waals surface area (Å²) >= 11 is 2.28. The van der Waals surface area contributed by atoms with Gasteiger partial charge >= 0.3 is 0 Å². The second-order valence-electron chi connectivity index (χ2n) is 4.80. The number of aromatic nitrogens is 2. The SMILES string of the molecule is CC(C)c1nc(N)c(I)c(C2CCCC2)n1. The number of nitrogen functional groups attached to an aromatic ring is 1. The minimum absolute atomic E-state index is 0.347. The van der Waals surface area contributed by atoms with Gasteiger partial charge in [-0.25, -0.2) is 9.97 Å². The van der Waals surface area contributed by atoms with Gasteiger partial charge in [-0.3, -0.25) is 0 Å². The molecule has 1 aromatic heterocycles. The van der Waals surface area contributed by atoms with E-state index in [1.807, 2.05) is 0 Å². The molecule has 1 saturated carbocycles. The van der Waals surface area contributed by atoms with E-state index in [0.717, 1.165) is 9.39 Å². The van der Waals surface area contributed by atoms with Crippen molar-refractivity contribution in [3.63, 3.8) is 0 Å². The second-order valence-corrected chi connectivity index (χ2v) is 5.88. The van der Waals surface area contributed by atoms with Crippen molar-refractivity contribution in [1.82, 2.24) is 9.97 Å². The normalized spacial score (nSPS) is 17.2. The number of hydrogen-bond acceptors (Lipinski definition) is 3.